The largest absolute Gasteiger partial charge is 0.115 e. The summed E-state index contributed by atoms with van der Waals surface area (Å²) in [6.07, 6.45) is 2.52. The summed E-state index contributed by atoms with van der Waals surface area (Å²) < 4.78 is 0. The molecule has 0 radical (unpaired) electrons. The molecule has 0 saturated heterocycles. The van der Waals surface area contributed by atoms with Crippen LogP contribution in [0, 0.1) is 12.8 Å². The van der Waals surface area contributed by atoms with Gasteiger partial charge in [0, 0.05) is 0 Å². The van der Waals surface area contributed by atoms with Gasteiger partial charge in [0.15, 0.2) is 0 Å². The van der Waals surface area contributed by atoms with Gasteiger partial charge in [-0.3, -0.25) is 0 Å². The lowest BCUT2D eigenvalue weighted by Crippen LogP contribution is -2.32. The van der Waals surface area contributed by atoms with E-state index in [4.69, 9.17) is 0 Å². The lowest BCUT2D eigenvalue weighted by Gasteiger charge is -2.34. The Kier molecular flexibility index (Phi) is 4.01. The van der Waals surface area contributed by atoms with E-state index in [1.165, 1.54) is 24.0 Å². The van der Waals surface area contributed by atoms with Crippen LogP contribution in [-0.2, 0) is 5.31 Å². The van der Waals surface area contributed by atoms with Gasteiger partial charge in [0.2, 0.25) is 0 Å². The summed E-state index contributed by atoms with van der Waals surface area (Å²) in [4.78, 5) is 0. The average molecular weight is 202 g/mol. The molecule has 0 saturated carbocycles. The molecule has 0 spiro atoms. The van der Waals surface area contributed by atoms with E-state index in [-0.39, 0.29) is 0 Å². The molecule has 1 atom stereocenters. The van der Waals surface area contributed by atoms with Gasteiger partial charge in [0.05, 0.1) is 0 Å². The number of rotatable bonds is 4. The molecule has 82 valence electrons. The standard InChI is InChI=1S/C14H23B/c1-5-10-14(15,11(2)3)13-8-6-12(4)7-9-13/h6-9,11H,5,10,15H2,1-4H3. The zero-order valence-corrected chi connectivity index (χ0v) is 10.8. The normalized spacial score (nSPS) is 15.3. The van der Waals surface area contributed by atoms with Crippen LogP contribution in [0.3, 0.4) is 0 Å². The topological polar surface area (TPSA) is 0 Å². The lowest BCUT2D eigenvalue weighted by molar-refractivity contribution is 0.404. The van der Waals surface area contributed by atoms with Gasteiger partial charge in [0.1, 0.15) is 7.85 Å². The first-order valence-electron chi connectivity index (χ1n) is 6.08. The zero-order chi connectivity index (χ0) is 11.5. The first kappa shape index (κ1) is 12.4. The molecule has 1 heteroatoms. The van der Waals surface area contributed by atoms with Crippen LogP contribution in [0.4, 0.5) is 0 Å². The molecule has 1 rings (SSSR count). The van der Waals surface area contributed by atoms with Crippen LogP contribution in [0.25, 0.3) is 0 Å². The molecule has 0 bridgehead atoms. The quantitative estimate of drug-likeness (QED) is 0.657. The summed E-state index contributed by atoms with van der Waals surface area (Å²) in [5, 5.41) is 0.336. The molecule has 1 unspecified atom stereocenters. The zero-order valence-electron chi connectivity index (χ0n) is 10.8. The van der Waals surface area contributed by atoms with Crippen LogP contribution in [0.5, 0.6) is 0 Å². The summed E-state index contributed by atoms with van der Waals surface area (Å²) in [5.74, 6) is 0.695. The maximum Gasteiger partial charge on any atom is 0.115 e. The summed E-state index contributed by atoms with van der Waals surface area (Å²) >= 11 is 0. The highest BCUT2D eigenvalue weighted by Crippen LogP contribution is 2.33. The Hall–Kier alpha value is -0.715. The van der Waals surface area contributed by atoms with E-state index in [0.29, 0.717) is 11.2 Å². The Morgan fingerprint density at radius 2 is 1.73 bits per heavy atom. The van der Waals surface area contributed by atoms with Gasteiger partial charge in [-0.2, -0.15) is 0 Å². The maximum absolute atomic E-state index is 2.39. The van der Waals surface area contributed by atoms with E-state index in [0.717, 1.165) is 0 Å². The van der Waals surface area contributed by atoms with Gasteiger partial charge in [-0.05, 0) is 23.7 Å². The number of hydrogen-bond donors (Lipinski definition) is 0. The van der Waals surface area contributed by atoms with Crippen LogP contribution in [-0.4, -0.2) is 7.85 Å². The van der Waals surface area contributed by atoms with Crippen LogP contribution in [0.15, 0.2) is 24.3 Å². The monoisotopic (exact) mass is 202 g/mol. The molecular weight excluding hydrogens is 179 g/mol. The van der Waals surface area contributed by atoms with Crippen molar-refractivity contribution in [1.29, 1.82) is 0 Å². The minimum Gasteiger partial charge on any atom is -0.0654 e. The van der Waals surface area contributed by atoms with Gasteiger partial charge >= 0.3 is 0 Å². The summed E-state index contributed by atoms with van der Waals surface area (Å²) in [5.41, 5.74) is 2.84. The van der Waals surface area contributed by atoms with Crippen molar-refractivity contribution in [2.75, 3.05) is 0 Å². The van der Waals surface area contributed by atoms with E-state index >= 15 is 0 Å². The fourth-order valence-corrected chi connectivity index (χ4v) is 2.22. The van der Waals surface area contributed by atoms with Crippen LogP contribution in [0.2, 0.25) is 0 Å². The average Bonchev–Trinajstić information content (AvgIpc) is 2.18. The van der Waals surface area contributed by atoms with Gasteiger partial charge in [0.25, 0.3) is 0 Å². The molecule has 0 aliphatic rings. The van der Waals surface area contributed by atoms with E-state index in [1.807, 2.05) is 0 Å². The van der Waals surface area contributed by atoms with Crippen molar-refractivity contribution in [2.45, 2.75) is 45.9 Å². The molecule has 0 nitrogen and oxygen atoms in total. The number of hydrogen-bond acceptors (Lipinski definition) is 0. The Balaban J connectivity index is 3.04. The molecule has 0 aromatic heterocycles. The lowest BCUT2D eigenvalue weighted by atomic mass is 9.55. The maximum atomic E-state index is 2.39. The van der Waals surface area contributed by atoms with E-state index in [2.05, 4.69) is 59.8 Å². The molecule has 0 heterocycles. The second kappa shape index (κ2) is 4.87. The highest BCUT2D eigenvalue weighted by Gasteiger charge is 2.28. The Morgan fingerprint density at radius 1 is 1.20 bits per heavy atom. The van der Waals surface area contributed by atoms with Crippen molar-refractivity contribution in [3.05, 3.63) is 35.4 Å². The fraction of sp³-hybridized carbons (Fsp3) is 0.571. The summed E-state index contributed by atoms with van der Waals surface area (Å²) in [6.45, 7) is 9.08. The second-order valence-corrected chi connectivity index (χ2v) is 5.19. The Morgan fingerprint density at radius 3 is 2.13 bits per heavy atom. The van der Waals surface area contributed by atoms with Crippen molar-refractivity contribution >= 4 is 7.85 Å². The summed E-state index contributed by atoms with van der Waals surface area (Å²) in [7, 11) is 2.39. The van der Waals surface area contributed by atoms with Crippen molar-refractivity contribution in [3.63, 3.8) is 0 Å². The molecule has 1 aromatic carbocycles. The van der Waals surface area contributed by atoms with Crippen LogP contribution in [0.1, 0.15) is 44.7 Å². The smallest absolute Gasteiger partial charge is 0.0654 e. The SMILES string of the molecule is BC(CCC)(c1ccc(C)cc1)C(C)C. The minimum atomic E-state index is 0.336. The summed E-state index contributed by atoms with van der Waals surface area (Å²) in [6, 6.07) is 9.05. The highest BCUT2D eigenvalue weighted by molar-refractivity contribution is 6.16. The van der Waals surface area contributed by atoms with Crippen molar-refractivity contribution in [3.8, 4) is 0 Å². The number of aryl methyl sites for hydroxylation is 1. The molecule has 0 aliphatic heterocycles. The third-order valence-corrected chi connectivity index (χ3v) is 3.75. The predicted octanol–water partition coefficient (Wildman–Crippen LogP) is 3.28. The molecule has 0 fully saturated rings. The predicted molar refractivity (Wildman–Crippen MR) is 71.1 cm³/mol. The van der Waals surface area contributed by atoms with Crippen LogP contribution < -0.4 is 0 Å². The van der Waals surface area contributed by atoms with Crippen molar-refractivity contribution in [2.24, 2.45) is 5.92 Å². The number of benzene rings is 1. The first-order valence-corrected chi connectivity index (χ1v) is 6.08. The Bertz CT molecular complexity index is 300. The fourth-order valence-electron chi connectivity index (χ4n) is 2.22. The second-order valence-electron chi connectivity index (χ2n) is 5.19. The van der Waals surface area contributed by atoms with E-state index < -0.39 is 0 Å². The molecular formula is C14H23B. The van der Waals surface area contributed by atoms with Gasteiger partial charge in [-0.15, -0.1) is 0 Å². The minimum absolute atomic E-state index is 0.336. The van der Waals surface area contributed by atoms with Crippen molar-refractivity contribution in [1.82, 2.24) is 0 Å². The van der Waals surface area contributed by atoms with E-state index in [1.54, 1.807) is 0 Å². The highest BCUT2D eigenvalue weighted by atomic mass is 14.3. The van der Waals surface area contributed by atoms with Crippen molar-refractivity contribution < 1.29 is 0 Å². The third-order valence-electron chi connectivity index (χ3n) is 3.75. The molecule has 15 heavy (non-hydrogen) atoms. The van der Waals surface area contributed by atoms with Gasteiger partial charge < -0.3 is 0 Å². The van der Waals surface area contributed by atoms with Gasteiger partial charge in [-0.25, -0.2) is 0 Å². The molecule has 0 N–H and O–H groups in total. The first-order chi connectivity index (χ1) is 7.00. The molecule has 0 amide bonds. The molecule has 1 aromatic rings. The van der Waals surface area contributed by atoms with E-state index in [9.17, 15) is 0 Å². The Labute approximate surface area is 95.5 Å². The molecule has 0 aliphatic carbocycles. The third kappa shape index (κ3) is 2.65. The van der Waals surface area contributed by atoms with Crippen LogP contribution >= 0.6 is 0 Å². The van der Waals surface area contributed by atoms with Gasteiger partial charge in [-0.1, -0.05) is 63.4 Å².